The van der Waals surface area contributed by atoms with Gasteiger partial charge < -0.3 is 14.4 Å². The molecule has 3 aromatic rings. The van der Waals surface area contributed by atoms with Crippen LogP contribution in [-0.2, 0) is 30.7 Å². The van der Waals surface area contributed by atoms with Crippen LogP contribution in [0.5, 0.6) is 5.75 Å². The van der Waals surface area contributed by atoms with Gasteiger partial charge in [0.15, 0.2) is 5.69 Å². The van der Waals surface area contributed by atoms with Gasteiger partial charge in [0.05, 0.1) is 25.8 Å². The Morgan fingerprint density at radius 2 is 1.97 bits per heavy atom. The molecule has 2 aromatic heterocycles. The van der Waals surface area contributed by atoms with Crippen LogP contribution in [0.2, 0.25) is 0 Å². The summed E-state index contributed by atoms with van der Waals surface area (Å²) in [5.41, 5.74) is 3.72. The molecule has 0 spiro atoms. The SMILES string of the molecule is CCOC(=O)c1nn(CCc2ccc(OC)cc2)c2c1CN(C(=O)c1cccnc1)CC2. The van der Waals surface area contributed by atoms with Crippen molar-refractivity contribution in [3.63, 3.8) is 0 Å². The maximum atomic E-state index is 12.9. The quantitative estimate of drug-likeness (QED) is 0.532. The molecule has 0 unspecified atom stereocenters. The third-order valence-corrected chi connectivity index (χ3v) is 5.57. The number of methoxy groups -OCH3 is 1. The van der Waals surface area contributed by atoms with Crippen LogP contribution in [0, 0.1) is 0 Å². The van der Waals surface area contributed by atoms with Gasteiger partial charge in [-0.1, -0.05) is 12.1 Å². The van der Waals surface area contributed by atoms with Gasteiger partial charge in [0.2, 0.25) is 0 Å². The molecule has 0 saturated carbocycles. The molecule has 3 heterocycles. The lowest BCUT2D eigenvalue weighted by Crippen LogP contribution is -2.37. The number of carbonyl (C=O) groups excluding carboxylic acids is 2. The van der Waals surface area contributed by atoms with Crippen LogP contribution in [0.1, 0.15) is 44.6 Å². The minimum absolute atomic E-state index is 0.107. The fourth-order valence-electron chi connectivity index (χ4n) is 3.91. The van der Waals surface area contributed by atoms with Crippen molar-refractivity contribution in [1.29, 1.82) is 0 Å². The molecule has 1 aromatic carbocycles. The Morgan fingerprint density at radius 1 is 1.16 bits per heavy atom. The van der Waals surface area contributed by atoms with E-state index in [0.717, 1.165) is 29.0 Å². The van der Waals surface area contributed by atoms with E-state index in [9.17, 15) is 9.59 Å². The van der Waals surface area contributed by atoms with Crippen molar-refractivity contribution in [2.75, 3.05) is 20.3 Å². The van der Waals surface area contributed by atoms with E-state index in [4.69, 9.17) is 9.47 Å². The van der Waals surface area contributed by atoms with Crippen molar-refractivity contribution in [2.45, 2.75) is 32.9 Å². The van der Waals surface area contributed by atoms with Gasteiger partial charge in [-0.2, -0.15) is 5.10 Å². The number of aromatic nitrogens is 3. The standard InChI is InChI=1S/C24H26N4O4/c1-3-32-24(30)22-20-16-27(23(29)18-5-4-12-25-15-18)13-11-21(20)28(26-22)14-10-17-6-8-19(31-2)9-7-17/h4-9,12,15H,3,10-11,13-14,16H2,1-2H3. The first kappa shape index (κ1) is 21.5. The number of aryl methyl sites for hydroxylation is 2. The smallest absolute Gasteiger partial charge is 0.359 e. The highest BCUT2D eigenvalue weighted by atomic mass is 16.5. The molecule has 0 saturated heterocycles. The third-order valence-electron chi connectivity index (χ3n) is 5.57. The molecule has 0 aliphatic carbocycles. The second kappa shape index (κ2) is 9.64. The fraction of sp³-hybridized carbons (Fsp3) is 0.333. The van der Waals surface area contributed by atoms with E-state index in [-0.39, 0.29) is 12.5 Å². The Balaban J connectivity index is 1.57. The number of amides is 1. The summed E-state index contributed by atoms with van der Waals surface area (Å²) < 4.78 is 12.3. The molecule has 0 fully saturated rings. The highest BCUT2D eigenvalue weighted by Gasteiger charge is 2.31. The molecule has 166 valence electrons. The first-order chi connectivity index (χ1) is 15.6. The Labute approximate surface area is 186 Å². The van der Waals surface area contributed by atoms with Gasteiger partial charge >= 0.3 is 5.97 Å². The summed E-state index contributed by atoms with van der Waals surface area (Å²) >= 11 is 0. The topological polar surface area (TPSA) is 86.5 Å². The zero-order valence-corrected chi connectivity index (χ0v) is 18.3. The van der Waals surface area contributed by atoms with Gasteiger partial charge in [0.1, 0.15) is 5.75 Å². The number of fused-ring (bicyclic) bond motifs is 1. The lowest BCUT2D eigenvalue weighted by molar-refractivity contribution is 0.0513. The lowest BCUT2D eigenvalue weighted by Gasteiger charge is -2.28. The van der Waals surface area contributed by atoms with Gasteiger partial charge in [-0.25, -0.2) is 4.79 Å². The van der Waals surface area contributed by atoms with Gasteiger partial charge in [-0.3, -0.25) is 14.5 Å². The van der Waals surface area contributed by atoms with Crippen LogP contribution < -0.4 is 4.74 Å². The molecule has 1 aliphatic rings. The Hall–Kier alpha value is -3.68. The van der Waals surface area contributed by atoms with Gasteiger partial charge in [0, 0.05) is 43.2 Å². The number of rotatable bonds is 7. The number of benzene rings is 1. The van der Waals surface area contributed by atoms with Gasteiger partial charge in [-0.05, 0) is 43.2 Å². The number of ether oxygens (including phenoxy) is 2. The average molecular weight is 434 g/mol. The molecule has 1 aliphatic heterocycles. The third kappa shape index (κ3) is 4.49. The van der Waals surface area contributed by atoms with Crippen LogP contribution in [-0.4, -0.2) is 51.8 Å². The first-order valence-corrected chi connectivity index (χ1v) is 10.7. The average Bonchev–Trinajstić information content (AvgIpc) is 3.21. The van der Waals surface area contributed by atoms with Crippen molar-refractivity contribution in [2.24, 2.45) is 0 Å². The van der Waals surface area contributed by atoms with Gasteiger partial charge in [-0.15, -0.1) is 0 Å². The molecule has 4 rings (SSSR count). The highest BCUT2D eigenvalue weighted by molar-refractivity contribution is 5.94. The molecule has 1 amide bonds. The summed E-state index contributed by atoms with van der Waals surface area (Å²) in [5.74, 6) is 0.250. The largest absolute Gasteiger partial charge is 0.497 e. The minimum atomic E-state index is -0.456. The van der Waals surface area contributed by atoms with Crippen LogP contribution in [0.15, 0.2) is 48.8 Å². The summed E-state index contributed by atoms with van der Waals surface area (Å²) in [4.78, 5) is 31.3. The van der Waals surface area contributed by atoms with E-state index in [2.05, 4.69) is 10.1 Å². The lowest BCUT2D eigenvalue weighted by atomic mass is 10.0. The molecular weight excluding hydrogens is 408 g/mol. The molecule has 8 nitrogen and oxygen atoms in total. The molecular formula is C24H26N4O4. The number of carbonyl (C=O) groups is 2. The maximum Gasteiger partial charge on any atom is 0.359 e. The van der Waals surface area contributed by atoms with E-state index in [1.165, 1.54) is 0 Å². The second-order valence-corrected chi connectivity index (χ2v) is 7.53. The summed E-state index contributed by atoms with van der Waals surface area (Å²) in [6.45, 7) is 3.54. The molecule has 0 bridgehead atoms. The predicted molar refractivity (Wildman–Crippen MR) is 118 cm³/mol. The van der Waals surface area contributed by atoms with Crippen LogP contribution >= 0.6 is 0 Å². The number of esters is 1. The molecule has 0 N–H and O–H groups in total. The zero-order valence-electron chi connectivity index (χ0n) is 18.3. The summed E-state index contributed by atoms with van der Waals surface area (Å²) in [5, 5.41) is 4.59. The Morgan fingerprint density at radius 3 is 2.66 bits per heavy atom. The predicted octanol–water partition coefficient (Wildman–Crippen LogP) is 2.90. The van der Waals surface area contributed by atoms with E-state index >= 15 is 0 Å². The number of pyridine rings is 1. The maximum absolute atomic E-state index is 12.9. The van der Waals surface area contributed by atoms with E-state index in [1.807, 2.05) is 28.9 Å². The van der Waals surface area contributed by atoms with Crippen LogP contribution in [0.4, 0.5) is 0 Å². The Bertz CT molecular complexity index is 1090. The zero-order chi connectivity index (χ0) is 22.5. The first-order valence-electron chi connectivity index (χ1n) is 10.7. The van der Waals surface area contributed by atoms with Crippen LogP contribution in [0.25, 0.3) is 0 Å². The second-order valence-electron chi connectivity index (χ2n) is 7.53. The van der Waals surface area contributed by atoms with E-state index in [1.54, 1.807) is 43.5 Å². The highest BCUT2D eigenvalue weighted by Crippen LogP contribution is 2.25. The van der Waals surface area contributed by atoms with Crippen molar-refractivity contribution >= 4 is 11.9 Å². The molecule has 8 heteroatoms. The van der Waals surface area contributed by atoms with Crippen molar-refractivity contribution in [3.05, 3.63) is 76.9 Å². The molecule has 32 heavy (non-hydrogen) atoms. The van der Waals surface area contributed by atoms with Crippen molar-refractivity contribution in [3.8, 4) is 5.75 Å². The number of hydrogen-bond donors (Lipinski definition) is 0. The molecule has 0 atom stereocenters. The van der Waals surface area contributed by atoms with E-state index in [0.29, 0.717) is 37.3 Å². The van der Waals surface area contributed by atoms with Gasteiger partial charge in [0.25, 0.3) is 5.91 Å². The normalized spacial score (nSPS) is 12.9. The van der Waals surface area contributed by atoms with Crippen molar-refractivity contribution in [1.82, 2.24) is 19.7 Å². The Kier molecular flexibility index (Phi) is 6.49. The summed E-state index contributed by atoms with van der Waals surface area (Å²) in [6, 6.07) is 11.4. The minimum Gasteiger partial charge on any atom is -0.497 e. The number of nitrogens with zero attached hydrogens (tertiary/aromatic N) is 4. The fourth-order valence-corrected chi connectivity index (χ4v) is 3.91. The van der Waals surface area contributed by atoms with E-state index < -0.39 is 5.97 Å². The summed E-state index contributed by atoms with van der Waals surface area (Å²) in [6.07, 6.45) is 4.58. The summed E-state index contributed by atoms with van der Waals surface area (Å²) in [7, 11) is 1.64. The van der Waals surface area contributed by atoms with Crippen molar-refractivity contribution < 1.29 is 19.1 Å². The van der Waals surface area contributed by atoms with Crippen LogP contribution in [0.3, 0.4) is 0 Å². The monoisotopic (exact) mass is 434 g/mol. The number of hydrogen-bond acceptors (Lipinski definition) is 6. The molecule has 0 radical (unpaired) electrons.